The fraction of sp³-hybridized carbons (Fsp3) is 0.167. The molecule has 0 aliphatic carbocycles. The van der Waals surface area contributed by atoms with E-state index in [9.17, 15) is 0 Å². The molecule has 0 unspecified atom stereocenters. The van der Waals surface area contributed by atoms with Gasteiger partial charge < -0.3 is 4.90 Å². The Morgan fingerprint density at radius 2 is 1.81 bits per heavy atom. The Balaban J connectivity index is 2.41. The van der Waals surface area contributed by atoms with Gasteiger partial charge in [0.05, 0.1) is 0 Å². The number of aromatic nitrogens is 2. The molecule has 0 saturated carbocycles. The molecule has 3 nitrogen and oxygen atoms in total. The van der Waals surface area contributed by atoms with Crippen LogP contribution in [0.4, 0.5) is 11.5 Å². The molecular weight excluding hydrogens is 222 g/mol. The van der Waals surface area contributed by atoms with Crippen molar-refractivity contribution in [3.05, 3.63) is 47.9 Å². The van der Waals surface area contributed by atoms with Gasteiger partial charge in [-0.25, -0.2) is 9.97 Å². The van der Waals surface area contributed by atoms with E-state index in [1.54, 1.807) is 12.4 Å². The van der Waals surface area contributed by atoms with E-state index in [2.05, 4.69) is 16.9 Å². The van der Waals surface area contributed by atoms with Crippen LogP contribution in [0.1, 0.15) is 6.92 Å². The number of hydrogen-bond donors (Lipinski definition) is 0. The minimum Gasteiger partial charge on any atom is -0.324 e. The maximum atomic E-state index is 6.03. The largest absolute Gasteiger partial charge is 0.324 e. The highest BCUT2D eigenvalue weighted by atomic mass is 35.5. The number of anilines is 2. The number of nitrogens with zero attached hydrogens (tertiary/aromatic N) is 3. The van der Waals surface area contributed by atoms with Crippen molar-refractivity contribution in [2.24, 2.45) is 0 Å². The summed E-state index contributed by atoms with van der Waals surface area (Å²) in [7, 11) is 0. The summed E-state index contributed by atoms with van der Waals surface area (Å²) in [6, 6.07) is 10.0. The summed E-state index contributed by atoms with van der Waals surface area (Å²) < 4.78 is 0. The van der Waals surface area contributed by atoms with Crippen LogP contribution in [-0.2, 0) is 0 Å². The van der Waals surface area contributed by atoms with Crippen molar-refractivity contribution in [1.82, 2.24) is 9.97 Å². The van der Waals surface area contributed by atoms with Gasteiger partial charge in [-0.3, -0.25) is 0 Å². The number of rotatable bonds is 3. The normalized spacial score (nSPS) is 10.1. The lowest BCUT2D eigenvalue weighted by atomic mass is 10.3. The summed E-state index contributed by atoms with van der Waals surface area (Å²) in [6.45, 7) is 2.85. The van der Waals surface area contributed by atoms with E-state index >= 15 is 0 Å². The molecule has 0 amide bonds. The van der Waals surface area contributed by atoms with Gasteiger partial charge in [-0.05, 0) is 19.1 Å². The zero-order valence-electron chi connectivity index (χ0n) is 8.97. The molecule has 0 bridgehead atoms. The van der Waals surface area contributed by atoms with E-state index in [4.69, 9.17) is 11.6 Å². The molecule has 1 aromatic heterocycles. The Hall–Kier alpha value is -1.61. The summed E-state index contributed by atoms with van der Waals surface area (Å²) in [6.07, 6.45) is 3.23. The quantitative estimate of drug-likeness (QED) is 0.815. The Morgan fingerprint density at radius 3 is 2.44 bits per heavy atom. The molecule has 1 heterocycles. The van der Waals surface area contributed by atoms with Crippen molar-refractivity contribution >= 4 is 23.1 Å². The molecule has 0 fully saturated rings. The smallest absolute Gasteiger partial charge is 0.172 e. The molecule has 0 N–H and O–H groups in total. The van der Waals surface area contributed by atoms with E-state index < -0.39 is 0 Å². The molecular formula is C12H12ClN3. The third-order valence-corrected chi connectivity index (χ3v) is 2.54. The zero-order valence-corrected chi connectivity index (χ0v) is 9.72. The van der Waals surface area contributed by atoms with Crippen LogP contribution in [0.5, 0.6) is 0 Å². The van der Waals surface area contributed by atoms with Gasteiger partial charge in [-0.1, -0.05) is 29.8 Å². The minimum absolute atomic E-state index is 0.424. The van der Waals surface area contributed by atoms with Gasteiger partial charge in [0.25, 0.3) is 0 Å². The molecule has 0 aliphatic rings. The zero-order chi connectivity index (χ0) is 11.4. The van der Waals surface area contributed by atoms with Crippen LogP contribution in [0.2, 0.25) is 5.15 Å². The molecule has 1 aromatic carbocycles. The highest BCUT2D eigenvalue weighted by Crippen LogP contribution is 2.27. The third-order valence-electron chi connectivity index (χ3n) is 2.28. The Morgan fingerprint density at radius 1 is 1.12 bits per heavy atom. The third kappa shape index (κ3) is 2.14. The molecule has 0 atom stereocenters. The van der Waals surface area contributed by atoms with Gasteiger partial charge in [0.15, 0.2) is 11.0 Å². The highest BCUT2D eigenvalue weighted by molar-refractivity contribution is 6.31. The van der Waals surface area contributed by atoms with Crippen molar-refractivity contribution < 1.29 is 0 Å². The van der Waals surface area contributed by atoms with Crippen LogP contribution in [0.3, 0.4) is 0 Å². The van der Waals surface area contributed by atoms with Gasteiger partial charge in [-0.15, -0.1) is 0 Å². The van der Waals surface area contributed by atoms with E-state index in [1.165, 1.54) is 0 Å². The van der Waals surface area contributed by atoms with Crippen molar-refractivity contribution in [3.63, 3.8) is 0 Å². The van der Waals surface area contributed by atoms with Crippen molar-refractivity contribution in [2.75, 3.05) is 11.4 Å². The summed E-state index contributed by atoms with van der Waals surface area (Å²) in [5, 5.41) is 0.424. The van der Waals surface area contributed by atoms with E-state index in [0.717, 1.165) is 12.2 Å². The van der Waals surface area contributed by atoms with Crippen molar-refractivity contribution in [1.29, 1.82) is 0 Å². The predicted octanol–water partition coefficient (Wildman–Crippen LogP) is 3.29. The standard InChI is InChI=1S/C12H12ClN3/c1-2-16(10-6-4-3-5-7-10)12-11(13)14-8-9-15-12/h3-9H,2H2,1H3. The summed E-state index contributed by atoms with van der Waals surface area (Å²) in [5.41, 5.74) is 1.06. The molecule has 16 heavy (non-hydrogen) atoms. The second kappa shape index (κ2) is 4.94. The van der Waals surface area contributed by atoms with Crippen LogP contribution in [0.15, 0.2) is 42.7 Å². The monoisotopic (exact) mass is 233 g/mol. The highest BCUT2D eigenvalue weighted by Gasteiger charge is 2.12. The van der Waals surface area contributed by atoms with Crippen molar-refractivity contribution in [2.45, 2.75) is 6.92 Å². The molecule has 0 radical (unpaired) electrons. The summed E-state index contributed by atoms with van der Waals surface area (Å²) >= 11 is 6.03. The first kappa shape index (κ1) is 10.9. The predicted molar refractivity (Wildman–Crippen MR) is 66.2 cm³/mol. The molecule has 2 aromatic rings. The van der Waals surface area contributed by atoms with Crippen LogP contribution in [0.25, 0.3) is 0 Å². The number of benzene rings is 1. The van der Waals surface area contributed by atoms with Crippen LogP contribution < -0.4 is 4.90 Å². The molecule has 82 valence electrons. The van der Waals surface area contributed by atoms with Gasteiger partial charge in [-0.2, -0.15) is 0 Å². The van der Waals surface area contributed by atoms with Crippen LogP contribution in [0, 0.1) is 0 Å². The molecule has 0 aliphatic heterocycles. The maximum absolute atomic E-state index is 6.03. The number of halogens is 1. The van der Waals surface area contributed by atoms with E-state index in [0.29, 0.717) is 11.0 Å². The topological polar surface area (TPSA) is 29.0 Å². The summed E-state index contributed by atoms with van der Waals surface area (Å²) in [5.74, 6) is 0.692. The average Bonchev–Trinajstić information content (AvgIpc) is 2.34. The van der Waals surface area contributed by atoms with Gasteiger partial charge >= 0.3 is 0 Å². The maximum Gasteiger partial charge on any atom is 0.172 e. The molecule has 0 spiro atoms. The Bertz CT molecular complexity index is 459. The minimum atomic E-state index is 0.424. The van der Waals surface area contributed by atoms with Crippen molar-refractivity contribution in [3.8, 4) is 0 Å². The second-order valence-electron chi connectivity index (χ2n) is 3.25. The SMILES string of the molecule is CCN(c1ccccc1)c1nccnc1Cl. The molecule has 4 heteroatoms. The van der Waals surface area contributed by atoms with E-state index in [-0.39, 0.29) is 0 Å². The first-order valence-electron chi connectivity index (χ1n) is 5.12. The van der Waals surface area contributed by atoms with Gasteiger partial charge in [0.1, 0.15) is 0 Å². The number of para-hydroxylation sites is 1. The first-order chi connectivity index (χ1) is 7.83. The van der Waals surface area contributed by atoms with Gasteiger partial charge in [0.2, 0.25) is 0 Å². The lowest BCUT2D eigenvalue weighted by Gasteiger charge is -2.22. The fourth-order valence-electron chi connectivity index (χ4n) is 1.56. The first-order valence-corrected chi connectivity index (χ1v) is 5.50. The van der Waals surface area contributed by atoms with Gasteiger partial charge in [0, 0.05) is 24.6 Å². The fourth-order valence-corrected chi connectivity index (χ4v) is 1.76. The lowest BCUT2D eigenvalue weighted by Crippen LogP contribution is -2.17. The van der Waals surface area contributed by atoms with E-state index in [1.807, 2.05) is 35.2 Å². The van der Waals surface area contributed by atoms with Crippen LogP contribution in [-0.4, -0.2) is 16.5 Å². The number of hydrogen-bond acceptors (Lipinski definition) is 3. The second-order valence-corrected chi connectivity index (χ2v) is 3.61. The lowest BCUT2D eigenvalue weighted by molar-refractivity contribution is 0.976. The average molecular weight is 234 g/mol. The molecule has 0 saturated heterocycles. The Kier molecular flexibility index (Phi) is 3.37. The summed E-state index contributed by atoms with van der Waals surface area (Å²) in [4.78, 5) is 10.3. The molecule has 2 rings (SSSR count). The van der Waals surface area contributed by atoms with Crippen LogP contribution >= 0.6 is 11.6 Å². The Labute approximate surface area is 99.7 Å².